The molecule has 0 aliphatic heterocycles. The second-order valence-corrected chi connectivity index (χ2v) is 7.76. The number of hydrogen-bond donors (Lipinski definition) is 1. The normalized spacial score (nSPS) is 14.6. The van der Waals surface area contributed by atoms with Crippen molar-refractivity contribution in [2.24, 2.45) is 5.73 Å². The fourth-order valence-corrected chi connectivity index (χ4v) is 3.68. The Morgan fingerprint density at radius 1 is 1.29 bits per heavy atom. The maximum atomic E-state index is 12.3. The highest BCUT2D eigenvalue weighted by Crippen LogP contribution is 2.40. The highest BCUT2D eigenvalue weighted by molar-refractivity contribution is 7.13. The van der Waals surface area contributed by atoms with Crippen LogP contribution in [0, 0.1) is 6.92 Å². The van der Waals surface area contributed by atoms with Gasteiger partial charge in [0.05, 0.1) is 16.9 Å². The quantitative estimate of drug-likeness (QED) is 0.607. The summed E-state index contributed by atoms with van der Waals surface area (Å²) in [5, 5.41) is 4.90. The Morgan fingerprint density at radius 3 is 2.79 bits per heavy atom. The molecule has 3 aromatic rings. The molecule has 0 spiro atoms. The van der Waals surface area contributed by atoms with E-state index in [0.29, 0.717) is 36.3 Å². The van der Waals surface area contributed by atoms with E-state index < -0.39 is 17.5 Å². The number of carbonyl (C=O) groups excluding carboxylic acids is 2. The van der Waals surface area contributed by atoms with E-state index in [4.69, 9.17) is 15.0 Å². The second kappa shape index (κ2) is 7.16. The summed E-state index contributed by atoms with van der Waals surface area (Å²) in [5.74, 6) is -0.431. The van der Waals surface area contributed by atoms with Crippen molar-refractivity contribution in [1.29, 1.82) is 0 Å². The first-order valence-electron chi connectivity index (χ1n) is 8.83. The van der Waals surface area contributed by atoms with Crippen molar-refractivity contribution in [1.82, 2.24) is 15.1 Å². The Kier molecular flexibility index (Phi) is 4.68. The molecular weight excluding hydrogens is 380 g/mol. The van der Waals surface area contributed by atoms with Crippen molar-refractivity contribution in [3.63, 3.8) is 0 Å². The molecule has 0 radical (unpaired) electrons. The first-order valence-corrected chi connectivity index (χ1v) is 9.65. The lowest BCUT2D eigenvalue weighted by molar-refractivity contribution is -0.128. The van der Waals surface area contributed by atoms with Gasteiger partial charge in [-0.25, -0.2) is 9.78 Å². The molecule has 0 bridgehead atoms. The van der Waals surface area contributed by atoms with Crippen LogP contribution in [-0.2, 0) is 22.4 Å². The van der Waals surface area contributed by atoms with Crippen LogP contribution >= 0.6 is 11.3 Å². The highest BCUT2D eigenvalue weighted by atomic mass is 32.1. The third kappa shape index (κ3) is 3.53. The Bertz CT molecular complexity index is 1020. The summed E-state index contributed by atoms with van der Waals surface area (Å²) in [4.78, 5) is 32.6. The Labute approximate surface area is 164 Å². The number of thiazole rings is 1. The summed E-state index contributed by atoms with van der Waals surface area (Å²) in [6.45, 7) is 1.86. The SMILES string of the molecule is Cc1onc(-c2ccccn2)c1CCc1ncc(C(=O)OC2(C(N)=O)CC2)s1. The third-order valence-corrected chi connectivity index (χ3v) is 5.71. The van der Waals surface area contributed by atoms with Gasteiger partial charge in [0.1, 0.15) is 16.3 Å². The van der Waals surface area contributed by atoms with Gasteiger partial charge in [0.2, 0.25) is 0 Å². The summed E-state index contributed by atoms with van der Waals surface area (Å²) in [6.07, 6.45) is 5.39. The number of ether oxygens (including phenoxy) is 1. The van der Waals surface area contributed by atoms with Gasteiger partial charge >= 0.3 is 5.97 Å². The lowest BCUT2D eigenvalue weighted by Crippen LogP contribution is -2.35. The minimum atomic E-state index is -1.13. The number of nitrogens with two attached hydrogens (primary N) is 1. The number of aromatic nitrogens is 3. The molecule has 1 aliphatic rings. The van der Waals surface area contributed by atoms with Crippen LogP contribution in [-0.4, -0.2) is 32.6 Å². The molecule has 3 aromatic heterocycles. The molecule has 4 rings (SSSR count). The van der Waals surface area contributed by atoms with Crippen LogP contribution in [0.15, 0.2) is 35.1 Å². The Morgan fingerprint density at radius 2 is 2.11 bits per heavy atom. The molecule has 0 unspecified atom stereocenters. The average Bonchev–Trinajstić information content (AvgIpc) is 3.16. The molecule has 1 amide bonds. The predicted octanol–water partition coefficient (Wildman–Crippen LogP) is 2.46. The minimum Gasteiger partial charge on any atom is -0.445 e. The molecule has 144 valence electrons. The standard InChI is InChI=1S/C19H18N4O4S/c1-11-12(16(23-27-11)13-4-2-3-9-21-13)5-6-15-22-10-14(28-15)17(24)26-19(7-8-19)18(20)25/h2-4,9-10H,5-8H2,1H3,(H2,20,25). The zero-order valence-corrected chi connectivity index (χ0v) is 16.0. The number of carbonyl (C=O) groups is 2. The van der Waals surface area contributed by atoms with Gasteiger partial charge < -0.3 is 15.0 Å². The van der Waals surface area contributed by atoms with E-state index in [1.165, 1.54) is 17.5 Å². The number of esters is 1. The molecule has 0 saturated heterocycles. The van der Waals surface area contributed by atoms with Crippen molar-refractivity contribution >= 4 is 23.2 Å². The molecular formula is C19H18N4O4S. The van der Waals surface area contributed by atoms with Crippen molar-refractivity contribution in [2.45, 2.75) is 38.2 Å². The van der Waals surface area contributed by atoms with Gasteiger partial charge in [-0.3, -0.25) is 9.78 Å². The van der Waals surface area contributed by atoms with Crippen LogP contribution in [0.4, 0.5) is 0 Å². The molecule has 1 fully saturated rings. The lowest BCUT2D eigenvalue weighted by atomic mass is 10.1. The summed E-state index contributed by atoms with van der Waals surface area (Å²) < 4.78 is 10.6. The first kappa shape index (κ1) is 18.3. The topological polar surface area (TPSA) is 121 Å². The van der Waals surface area contributed by atoms with E-state index >= 15 is 0 Å². The molecule has 28 heavy (non-hydrogen) atoms. The summed E-state index contributed by atoms with van der Waals surface area (Å²) in [6, 6.07) is 5.62. The van der Waals surface area contributed by atoms with Gasteiger partial charge in [-0.2, -0.15) is 0 Å². The molecule has 9 heteroatoms. The largest absolute Gasteiger partial charge is 0.445 e. The highest BCUT2D eigenvalue weighted by Gasteiger charge is 2.53. The van der Waals surface area contributed by atoms with Crippen LogP contribution in [0.5, 0.6) is 0 Å². The molecule has 8 nitrogen and oxygen atoms in total. The van der Waals surface area contributed by atoms with Crippen LogP contribution in [0.1, 0.15) is 38.8 Å². The van der Waals surface area contributed by atoms with E-state index in [-0.39, 0.29) is 0 Å². The van der Waals surface area contributed by atoms with Gasteiger partial charge in [-0.05, 0) is 25.5 Å². The zero-order valence-electron chi connectivity index (χ0n) is 15.2. The van der Waals surface area contributed by atoms with Gasteiger partial charge in [-0.15, -0.1) is 11.3 Å². The van der Waals surface area contributed by atoms with Crippen molar-refractivity contribution in [3.05, 3.63) is 51.8 Å². The van der Waals surface area contributed by atoms with Gasteiger partial charge in [-0.1, -0.05) is 11.2 Å². The molecule has 1 saturated carbocycles. The van der Waals surface area contributed by atoms with Crippen LogP contribution in [0.25, 0.3) is 11.4 Å². The molecule has 1 aliphatic carbocycles. The average molecular weight is 398 g/mol. The number of hydrogen-bond acceptors (Lipinski definition) is 8. The van der Waals surface area contributed by atoms with Crippen LogP contribution in [0.3, 0.4) is 0 Å². The molecule has 0 atom stereocenters. The predicted molar refractivity (Wildman–Crippen MR) is 101 cm³/mol. The van der Waals surface area contributed by atoms with Crippen LogP contribution in [0.2, 0.25) is 0 Å². The summed E-state index contributed by atoms with van der Waals surface area (Å²) in [7, 11) is 0. The molecule has 0 aromatic carbocycles. The lowest BCUT2D eigenvalue weighted by Gasteiger charge is -2.11. The zero-order chi connectivity index (χ0) is 19.7. The fraction of sp³-hybridized carbons (Fsp3) is 0.316. The van der Waals surface area contributed by atoms with E-state index in [9.17, 15) is 9.59 Å². The van der Waals surface area contributed by atoms with Crippen molar-refractivity contribution < 1.29 is 18.8 Å². The van der Waals surface area contributed by atoms with Crippen LogP contribution < -0.4 is 5.73 Å². The fourth-order valence-electron chi connectivity index (χ4n) is 2.88. The van der Waals surface area contributed by atoms with Gasteiger partial charge in [0.25, 0.3) is 5.91 Å². The summed E-state index contributed by atoms with van der Waals surface area (Å²) >= 11 is 1.25. The smallest absolute Gasteiger partial charge is 0.351 e. The number of primary amides is 1. The minimum absolute atomic E-state index is 0.356. The van der Waals surface area contributed by atoms with E-state index in [0.717, 1.165) is 22.0 Å². The number of aryl methyl sites for hydroxylation is 2. The monoisotopic (exact) mass is 398 g/mol. The maximum absolute atomic E-state index is 12.3. The molecule has 2 N–H and O–H groups in total. The second-order valence-electron chi connectivity index (χ2n) is 6.65. The number of pyridine rings is 1. The summed E-state index contributed by atoms with van der Waals surface area (Å²) in [5.41, 5.74) is 6.59. The Balaban J connectivity index is 1.44. The molecule has 3 heterocycles. The van der Waals surface area contributed by atoms with E-state index in [1.807, 2.05) is 25.1 Å². The van der Waals surface area contributed by atoms with E-state index in [1.54, 1.807) is 6.20 Å². The number of nitrogens with zero attached hydrogens (tertiary/aromatic N) is 3. The van der Waals surface area contributed by atoms with E-state index in [2.05, 4.69) is 15.1 Å². The first-order chi connectivity index (χ1) is 13.5. The Hall–Kier alpha value is -3.07. The number of rotatable bonds is 7. The maximum Gasteiger partial charge on any atom is 0.351 e. The van der Waals surface area contributed by atoms with Crippen molar-refractivity contribution in [2.75, 3.05) is 0 Å². The van der Waals surface area contributed by atoms with Gasteiger partial charge in [0.15, 0.2) is 5.60 Å². The van der Waals surface area contributed by atoms with Gasteiger partial charge in [0, 0.05) is 31.0 Å². The third-order valence-electron chi connectivity index (χ3n) is 4.68. The van der Waals surface area contributed by atoms with Crippen molar-refractivity contribution in [3.8, 4) is 11.4 Å². The number of amides is 1.